The standard InChI is InChI=1S/C18H25NO2/c1-13(2)19-11-16-15-8-6-5-7-14(15)9-10-17(16)21-12-18(3,4)20/h5-10,13,19-20H,11-12H2,1-4H3. The predicted octanol–water partition coefficient (Wildman–Crippen LogP) is 3.49. The number of hydrogen-bond acceptors (Lipinski definition) is 3. The summed E-state index contributed by atoms with van der Waals surface area (Å²) in [5.74, 6) is 0.837. The molecule has 3 nitrogen and oxygen atoms in total. The van der Waals surface area contributed by atoms with E-state index in [9.17, 15) is 5.11 Å². The molecule has 0 aliphatic carbocycles. The Morgan fingerprint density at radius 2 is 1.86 bits per heavy atom. The lowest BCUT2D eigenvalue weighted by Crippen LogP contribution is -2.28. The Labute approximate surface area is 126 Å². The number of aliphatic hydroxyl groups is 1. The molecule has 0 aliphatic heterocycles. The van der Waals surface area contributed by atoms with Gasteiger partial charge in [-0.3, -0.25) is 0 Å². The maximum absolute atomic E-state index is 9.86. The van der Waals surface area contributed by atoms with Crippen molar-refractivity contribution in [3.8, 4) is 5.75 Å². The van der Waals surface area contributed by atoms with Crippen LogP contribution >= 0.6 is 0 Å². The first kappa shape index (κ1) is 15.8. The summed E-state index contributed by atoms with van der Waals surface area (Å²) in [6.07, 6.45) is 0. The molecule has 0 fully saturated rings. The van der Waals surface area contributed by atoms with E-state index in [0.29, 0.717) is 6.04 Å². The van der Waals surface area contributed by atoms with Gasteiger partial charge in [-0.25, -0.2) is 0 Å². The normalized spacial score (nSPS) is 12.1. The second-order valence-corrected chi connectivity index (χ2v) is 6.40. The Hall–Kier alpha value is -1.58. The van der Waals surface area contributed by atoms with Crippen molar-refractivity contribution in [2.24, 2.45) is 0 Å². The molecule has 2 aromatic rings. The largest absolute Gasteiger partial charge is 0.490 e. The average molecular weight is 287 g/mol. The van der Waals surface area contributed by atoms with E-state index >= 15 is 0 Å². The van der Waals surface area contributed by atoms with E-state index in [1.807, 2.05) is 18.2 Å². The molecule has 0 aliphatic rings. The van der Waals surface area contributed by atoms with E-state index in [1.54, 1.807) is 13.8 Å². The van der Waals surface area contributed by atoms with Gasteiger partial charge in [-0.05, 0) is 30.7 Å². The summed E-state index contributed by atoms with van der Waals surface area (Å²) in [6, 6.07) is 12.8. The summed E-state index contributed by atoms with van der Waals surface area (Å²) in [5, 5.41) is 15.7. The SMILES string of the molecule is CC(C)NCc1c(OCC(C)(C)O)ccc2ccccc12. The third-order valence-electron chi connectivity index (χ3n) is 3.27. The van der Waals surface area contributed by atoms with Crippen molar-refractivity contribution < 1.29 is 9.84 Å². The van der Waals surface area contributed by atoms with Gasteiger partial charge in [-0.1, -0.05) is 44.2 Å². The van der Waals surface area contributed by atoms with Crippen LogP contribution < -0.4 is 10.1 Å². The molecule has 0 aromatic heterocycles. The summed E-state index contributed by atoms with van der Waals surface area (Å²) in [7, 11) is 0. The lowest BCUT2D eigenvalue weighted by atomic mass is 10.0. The highest BCUT2D eigenvalue weighted by molar-refractivity contribution is 5.87. The van der Waals surface area contributed by atoms with Gasteiger partial charge in [0.2, 0.25) is 0 Å². The molecule has 0 saturated carbocycles. The van der Waals surface area contributed by atoms with Gasteiger partial charge >= 0.3 is 0 Å². The zero-order chi connectivity index (χ0) is 15.5. The molecule has 0 saturated heterocycles. The molecule has 2 aromatic carbocycles. The molecule has 0 atom stereocenters. The summed E-state index contributed by atoms with van der Waals surface area (Å²) in [4.78, 5) is 0. The Balaban J connectivity index is 2.36. The summed E-state index contributed by atoms with van der Waals surface area (Å²) in [5.41, 5.74) is 0.306. The van der Waals surface area contributed by atoms with Crippen molar-refractivity contribution in [1.82, 2.24) is 5.32 Å². The molecule has 2 rings (SSSR count). The van der Waals surface area contributed by atoms with Crippen LogP contribution in [0.2, 0.25) is 0 Å². The minimum absolute atomic E-state index is 0.278. The van der Waals surface area contributed by atoms with Crippen LogP contribution in [-0.4, -0.2) is 23.4 Å². The first-order chi connectivity index (χ1) is 9.87. The van der Waals surface area contributed by atoms with Crippen molar-refractivity contribution >= 4 is 10.8 Å². The average Bonchev–Trinajstić information content (AvgIpc) is 2.42. The highest BCUT2D eigenvalue weighted by atomic mass is 16.5. The second-order valence-electron chi connectivity index (χ2n) is 6.40. The number of nitrogens with one attached hydrogen (secondary N) is 1. The second kappa shape index (κ2) is 6.46. The van der Waals surface area contributed by atoms with Crippen LogP contribution in [0.4, 0.5) is 0 Å². The maximum atomic E-state index is 9.86. The van der Waals surface area contributed by atoms with E-state index in [-0.39, 0.29) is 6.61 Å². The molecule has 21 heavy (non-hydrogen) atoms. The molecule has 0 spiro atoms. The number of rotatable bonds is 6. The van der Waals surface area contributed by atoms with Crippen molar-refractivity contribution in [2.45, 2.75) is 45.9 Å². The van der Waals surface area contributed by atoms with Crippen molar-refractivity contribution in [2.75, 3.05) is 6.61 Å². The van der Waals surface area contributed by atoms with Crippen LogP contribution in [0.1, 0.15) is 33.3 Å². The Morgan fingerprint density at radius 1 is 1.14 bits per heavy atom. The highest BCUT2D eigenvalue weighted by Crippen LogP contribution is 2.28. The Morgan fingerprint density at radius 3 is 2.52 bits per heavy atom. The molecular formula is C18H25NO2. The van der Waals surface area contributed by atoms with Crippen LogP contribution in [0.5, 0.6) is 5.75 Å². The fraction of sp³-hybridized carbons (Fsp3) is 0.444. The minimum Gasteiger partial charge on any atom is -0.490 e. The van der Waals surface area contributed by atoms with Gasteiger partial charge in [-0.15, -0.1) is 0 Å². The lowest BCUT2D eigenvalue weighted by Gasteiger charge is -2.21. The fourth-order valence-electron chi connectivity index (χ4n) is 2.19. The molecule has 0 radical (unpaired) electrons. The number of benzene rings is 2. The zero-order valence-electron chi connectivity index (χ0n) is 13.3. The zero-order valence-corrected chi connectivity index (χ0v) is 13.3. The third kappa shape index (κ3) is 4.45. The van der Waals surface area contributed by atoms with Crippen LogP contribution in [0, 0.1) is 0 Å². The van der Waals surface area contributed by atoms with Gasteiger partial charge in [0.15, 0.2) is 0 Å². The monoisotopic (exact) mass is 287 g/mol. The van der Waals surface area contributed by atoms with Crippen molar-refractivity contribution in [3.05, 3.63) is 42.0 Å². The molecular weight excluding hydrogens is 262 g/mol. The van der Waals surface area contributed by atoms with E-state index in [0.717, 1.165) is 17.9 Å². The van der Waals surface area contributed by atoms with Gasteiger partial charge in [0.25, 0.3) is 0 Å². The van der Waals surface area contributed by atoms with Gasteiger partial charge in [0.1, 0.15) is 12.4 Å². The fourth-order valence-corrected chi connectivity index (χ4v) is 2.19. The van der Waals surface area contributed by atoms with Gasteiger partial charge < -0.3 is 15.2 Å². The van der Waals surface area contributed by atoms with E-state index in [1.165, 1.54) is 10.8 Å². The van der Waals surface area contributed by atoms with Crippen LogP contribution in [0.25, 0.3) is 10.8 Å². The predicted molar refractivity (Wildman–Crippen MR) is 87.7 cm³/mol. The minimum atomic E-state index is -0.839. The summed E-state index contributed by atoms with van der Waals surface area (Å²) in [6.45, 7) is 8.78. The first-order valence-corrected chi connectivity index (χ1v) is 7.46. The smallest absolute Gasteiger partial charge is 0.124 e. The first-order valence-electron chi connectivity index (χ1n) is 7.46. The van der Waals surface area contributed by atoms with E-state index in [2.05, 4.69) is 37.4 Å². The van der Waals surface area contributed by atoms with Gasteiger partial charge in [0.05, 0.1) is 5.60 Å². The van der Waals surface area contributed by atoms with Crippen molar-refractivity contribution in [1.29, 1.82) is 0 Å². The number of ether oxygens (including phenoxy) is 1. The van der Waals surface area contributed by atoms with E-state index < -0.39 is 5.60 Å². The summed E-state index contributed by atoms with van der Waals surface area (Å²) < 4.78 is 5.85. The molecule has 2 N–H and O–H groups in total. The van der Waals surface area contributed by atoms with Crippen LogP contribution in [-0.2, 0) is 6.54 Å². The number of fused-ring (bicyclic) bond motifs is 1. The summed E-state index contributed by atoms with van der Waals surface area (Å²) >= 11 is 0. The molecule has 3 heteroatoms. The molecule has 0 amide bonds. The van der Waals surface area contributed by atoms with Crippen LogP contribution in [0.15, 0.2) is 36.4 Å². The van der Waals surface area contributed by atoms with Gasteiger partial charge in [-0.2, -0.15) is 0 Å². The topological polar surface area (TPSA) is 41.5 Å². The molecule has 114 valence electrons. The Bertz CT molecular complexity index is 600. The number of hydrogen-bond donors (Lipinski definition) is 2. The quantitative estimate of drug-likeness (QED) is 0.854. The molecule has 0 heterocycles. The highest BCUT2D eigenvalue weighted by Gasteiger charge is 2.16. The molecule has 0 bridgehead atoms. The third-order valence-corrected chi connectivity index (χ3v) is 3.27. The maximum Gasteiger partial charge on any atom is 0.124 e. The molecule has 0 unspecified atom stereocenters. The van der Waals surface area contributed by atoms with Gasteiger partial charge in [0, 0.05) is 18.2 Å². The Kier molecular flexibility index (Phi) is 4.86. The van der Waals surface area contributed by atoms with Crippen LogP contribution in [0.3, 0.4) is 0 Å². The van der Waals surface area contributed by atoms with Crippen molar-refractivity contribution in [3.63, 3.8) is 0 Å². The van der Waals surface area contributed by atoms with E-state index in [4.69, 9.17) is 4.74 Å². The lowest BCUT2D eigenvalue weighted by molar-refractivity contribution is 0.0282.